The van der Waals surface area contributed by atoms with Crippen LogP contribution in [0.25, 0.3) is 10.1 Å². The predicted molar refractivity (Wildman–Crippen MR) is 97.8 cm³/mol. The van der Waals surface area contributed by atoms with Gasteiger partial charge in [-0.2, -0.15) is 0 Å². The van der Waals surface area contributed by atoms with Gasteiger partial charge in [-0.15, -0.1) is 11.3 Å². The highest BCUT2D eigenvalue weighted by molar-refractivity contribution is 7.22. The number of aliphatic carboxylic acids is 1. The summed E-state index contributed by atoms with van der Waals surface area (Å²) in [5, 5.41) is 13.5. The average Bonchev–Trinajstić information content (AvgIpc) is 2.98. The van der Waals surface area contributed by atoms with Gasteiger partial charge in [-0.25, -0.2) is 0 Å². The summed E-state index contributed by atoms with van der Waals surface area (Å²) in [6.45, 7) is 0.163. The Hall–Kier alpha value is -2.77. The van der Waals surface area contributed by atoms with Crippen molar-refractivity contribution in [3.05, 3.63) is 59.9 Å². The van der Waals surface area contributed by atoms with E-state index < -0.39 is 11.9 Å². The number of hydrogen-bond donors (Lipinski definition) is 3. The summed E-state index contributed by atoms with van der Waals surface area (Å²) in [6, 6.07) is 10.7. The first-order valence-corrected chi connectivity index (χ1v) is 8.53. The van der Waals surface area contributed by atoms with Crippen LogP contribution in [-0.2, 0) is 16.0 Å². The van der Waals surface area contributed by atoms with E-state index in [0.29, 0.717) is 5.56 Å². The third-order valence-electron chi connectivity index (χ3n) is 3.86. The van der Waals surface area contributed by atoms with E-state index >= 15 is 0 Å². The van der Waals surface area contributed by atoms with Crippen LogP contribution in [0.15, 0.2) is 48.8 Å². The van der Waals surface area contributed by atoms with Gasteiger partial charge in [0.2, 0.25) is 5.91 Å². The lowest BCUT2D eigenvalue weighted by Gasteiger charge is -2.15. The van der Waals surface area contributed by atoms with Crippen LogP contribution < -0.4 is 11.1 Å². The topological polar surface area (TPSA) is 105 Å². The fourth-order valence-corrected chi connectivity index (χ4v) is 3.52. The predicted octanol–water partition coefficient (Wildman–Crippen LogP) is 2.60. The van der Waals surface area contributed by atoms with E-state index in [1.165, 1.54) is 11.3 Å². The molecule has 0 spiro atoms. The Morgan fingerprint density at radius 3 is 2.64 bits per heavy atom. The molecule has 25 heavy (non-hydrogen) atoms. The van der Waals surface area contributed by atoms with Crippen molar-refractivity contribution in [1.82, 2.24) is 4.98 Å². The molecule has 128 valence electrons. The number of benzene rings is 1. The zero-order valence-electron chi connectivity index (χ0n) is 13.3. The lowest BCUT2D eigenvalue weighted by Crippen LogP contribution is -2.27. The summed E-state index contributed by atoms with van der Waals surface area (Å²) in [4.78, 5) is 27.4. The molecule has 0 saturated carbocycles. The van der Waals surface area contributed by atoms with Crippen LogP contribution in [0.2, 0.25) is 0 Å². The first-order chi connectivity index (χ1) is 12.1. The van der Waals surface area contributed by atoms with Gasteiger partial charge in [-0.3, -0.25) is 14.6 Å². The molecule has 3 rings (SSSR count). The number of carbonyl (C=O) groups excluding carboxylic acids is 1. The normalized spacial score (nSPS) is 12.0. The summed E-state index contributed by atoms with van der Waals surface area (Å²) in [6.07, 6.45) is 3.43. The van der Waals surface area contributed by atoms with Gasteiger partial charge in [0, 0.05) is 18.9 Å². The summed E-state index contributed by atoms with van der Waals surface area (Å²) >= 11 is 1.46. The van der Waals surface area contributed by atoms with Crippen molar-refractivity contribution in [2.24, 2.45) is 5.73 Å². The largest absolute Gasteiger partial charge is 0.481 e. The number of nitrogens with one attached hydrogen (secondary N) is 1. The fourth-order valence-electron chi connectivity index (χ4n) is 2.59. The van der Waals surface area contributed by atoms with Gasteiger partial charge in [0.1, 0.15) is 0 Å². The highest BCUT2D eigenvalue weighted by atomic mass is 32.1. The molecule has 0 aliphatic rings. The number of anilines is 1. The number of aromatic nitrogens is 1. The number of hydrogen-bond acceptors (Lipinski definition) is 5. The lowest BCUT2D eigenvalue weighted by molar-refractivity contribution is -0.136. The van der Waals surface area contributed by atoms with E-state index in [1.54, 1.807) is 36.7 Å². The molecular weight excluding hydrogens is 338 g/mol. The molecule has 2 aromatic heterocycles. The Morgan fingerprint density at radius 1 is 1.24 bits per heavy atom. The highest BCUT2D eigenvalue weighted by Gasteiger charge is 2.20. The second kappa shape index (κ2) is 7.42. The fraction of sp³-hybridized carbons (Fsp3) is 0.167. The Labute approximate surface area is 148 Å². The van der Waals surface area contributed by atoms with Crippen LogP contribution in [0.1, 0.15) is 17.0 Å². The van der Waals surface area contributed by atoms with Crippen molar-refractivity contribution < 1.29 is 14.7 Å². The smallest absolute Gasteiger partial charge is 0.307 e. The molecule has 4 N–H and O–H groups in total. The molecule has 7 heteroatoms. The van der Waals surface area contributed by atoms with Crippen LogP contribution in [0.3, 0.4) is 0 Å². The van der Waals surface area contributed by atoms with Gasteiger partial charge in [0.15, 0.2) is 0 Å². The van der Waals surface area contributed by atoms with E-state index in [9.17, 15) is 9.59 Å². The minimum atomic E-state index is -0.889. The molecule has 1 aromatic carbocycles. The van der Waals surface area contributed by atoms with E-state index in [1.807, 2.05) is 12.1 Å². The van der Waals surface area contributed by atoms with Crippen molar-refractivity contribution in [2.45, 2.75) is 12.3 Å². The number of carbonyl (C=O) groups is 2. The lowest BCUT2D eigenvalue weighted by atomic mass is 9.96. The number of carboxylic acid groups (broad SMARTS) is 1. The number of nitrogens with two attached hydrogens (primary N) is 1. The van der Waals surface area contributed by atoms with E-state index in [2.05, 4.69) is 10.3 Å². The SMILES string of the molecule is NCC(C(=O)Nc1cc2ccncc2s1)c1ccc(CC(=O)O)cc1. The third-order valence-corrected chi connectivity index (χ3v) is 4.86. The molecule has 0 radical (unpaired) electrons. The maximum absolute atomic E-state index is 12.6. The van der Waals surface area contributed by atoms with Crippen molar-refractivity contribution in [3.63, 3.8) is 0 Å². The number of amides is 1. The van der Waals surface area contributed by atoms with Crippen molar-refractivity contribution in [3.8, 4) is 0 Å². The van der Waals surface area contributed by atoms with Crippen LogP contribution in [0.5, 0.6) is 0 Å². The van der Waals surface area contributed by atoms with Gasteiger partial charge < -0.3 is 16.2 Å². The molecule has 0 saturated heterocycles. The second-order valence-corrected chi connectivity index (χ2v) is 6.70. The first kappa shape index (κ1) is 17.1. The zero-order chi connectivity index (χ0) is 17.8. The summed E-state index contributed by atoms with van der Waals surface area (Å²) in [7, 11) is 0. The average molecular weight is 355 g/mol. The molecule has 0 fully saturated rings. The van der Waals surface area contributed by atoms with Crippen molar-refractivity contribution in [1.29, 1.82) is 0 Å². The summed E-state index contributed by atoms with van der Waals surface area (Å²) in [5.74, 6) is -1.57. The second-order valence-electron chi connectivity index (χ2n) is 5.61. The van der Waals surface area contributed by atoms with Gasteiger partial charge in [-0.1, -0.05) is 24.3 Å². The number of fused-ring (bicyclic) bond motifs is 1. The van der Waals surface area contributed by atoms with Crippen molar-refractivity contribution in [2.75, 3.05) is 11.9 Å². The zero-order valence-corrected chi connectivity index (χ0v) is 14.1. The molecule has 1 amide bonds. The molecule has 0 aliphatic heterocycles. The highest BCUT2D eigenvalue weighted by Crippen LogP contribution is 2.29. The maximum atomic E-state index is 12.6. The number of pyridine rings is 1. The standard InChI is InChI=1S/C18H17N3O3S/c19-9-14(12-3-1-11(2-4-12)7-17(22)23)18(24)21-16-8-13-5-6-20-10-15(13)25-16/h1-6,8,10,14H,7,9,19H2,(H,21,24)(H,22,23). The van der Waals surface area contributed by atoms with Gasteiger partial charge in [0.05, 0.1) is 22.0 Å². The molecule has 2 heterocycles. The van der Waals surface area contributed by atoms with Crippen LogP contribution in [0, 0.1) is 0 Å². The third kappa shape index (κ3) is 4.01. The van der Waals surface area contributed by atoms with Crippen LogP contribution >= 0.6 is 11.3 Å². The van der Waals surface area contributed by atoms with Gasteiger partial charge >= 0.3 is 5.97 Å². The Bertz CT molecular complexity index is 872. The summed E-state index contributed by atoms with van der Waals surface area (Å²) < 4.78 is 1.00. The first-order valence-electron chi connectivity index (χ1n) is 7.72. The van der Waals surface area contributed by atoms with Gasteiger partial charge in [-0.05, 0) is 28.6 Å². The molecule has 1 unspecified atom stereocenters. The minimum Gasteiger partial charge on any atom is -0.481 e. The number of thiophene rings is 1. The Balaban J connectivity index is 1.75. The molecule has 3 aromatic rings. The monoisotopic (exact) mass is 355 g/mol. The molecule has 0 aliphatic carbocycles. The minimum absolute atomic E-state index is 0.0460. The summed E-state index contributed by atoms with van der Waals surface area (Å²) in [5.41, 5.74) is 7.24. The van der Waals surface area contributed by atoms with Crippen molar-refractivity contribution >= 4 is 38.3 Å². The Kier molecular flexibility index (Phi) is 5.06. The van der Waals surface area contributed by atoms with E-state index in [-0.39, 0.29) is 18.9 Å². The molecular formula is C18H17N3O3S. The molecule has 0 bridgehead atoms. The van der Waals surface area contributed by atoms with Crippen LogP contribution in [-0.4, -0.2) is 28.5 Å². The quantitative estimate of drug-likeness (QED) is 0.630. The van der Waals surface area contributed by atoms with Gasteiger partial charge in [0.25, 0.3) is 0 Å². The van der Waals surface area contributed by atoms with Crippen LogP contribution in [0.4, 0.5) is 5.00 Å². The van der Waals surface area contributed by atoms with E-state index in [0.717, 1.165) is 20.7 Å². The van der Waals surface area contributed by atoms with E-state index in [4.69, 9.17) is 10.8 Å². The number of nitrogens with zero attached hydrogens (tertiary/aromatic N) is 1. The molecule has 1 atom stereocenters. The number of rotatable bonds is 6. The number of carboxylic acids is 1. The Morgan fingerprint density at radius 2 is 2.00 bits per heavy atom. The molecule has 6 nitrogen and oxygen atoms in total. The maximum Gasteiger partial charge on any atom is 0.307 e.